The molecule has 1 fully saturated rings. The molecule has 12 heteroatoms. The smallest absolute Gasteiger partial charge is 0.294 e. The summed E-state index contributed by atoms with van der Waals surface area (Å²) in [4.78, 5) is 11.4. The number of halogens is 7. The van der Waals surface area contributed by atoms with Crippen molar-refractivity contribution in [3.05, 3.63) is 65.0 Å². The van der Waals surface area contributed by atoms with E-state index in [0.717, 1.165) is 16.4 Å². The van der Waals surface area contributed by atoms with Gasteiger partial charge in [0.25, 0.3) is 0 Å². The number of alkyl halides is 6. The van der Waals surface area contributed by atoms with E-state index >= 15 is 0 Å². The highest BCUT2D eigenvalue weighted by Crippen LogP contribution is 2.38. The van der Waals surface area contributed by atoms with Gasteiger partial charge in [0.1, 0.15) is 5.82 Å². The summed E-state index contributed by atoms with van der Waals surface area (Å²) in [5, 5.41) is 0. The lowest BCUT2D eigenvalue weighted by molar-refractivity contribution is -0.143. The van der Waals surface area contributed by atoms with Crippen molar-refractivity contribution >= 4 is 15.8 Å². The predicted octanol–water partition coefficient (Wildman–Crippen LogP) is 5.15. The summed E-state index contributed by atoms with van der Waals surface area (Å²) in [7, 11) is -4.67. The molecule has 2 aromatic rings. The van der Waals surface area contributed by atoms with Crippen LogP contribution in [0.4, 0.5) is 30.7 Å². The van der Waals surface area contributed by atoms with Crippen LogP contribution in [0, 0.1) is 11.7 Å². The SMILES string of the molecule is O=C(c1ccc(F)cc1)C1CCN(S(=O)(=O)c2cc(C(F)(F)F)cc(C(F)(F)F)c2)CC1. The molecule has 1 aliphatic rings. The Hall–Kier alpha value is -2.47. The fourth-order valence-electron chi connectivity index (χ4n) is 3.43. The molecule has 0 N–H and O–H groups in total. The highest BCUT2D eigenvalue weighted by atomic mass is 32.2. The summed E-state index contributed by atoms with van der Waals surface area (Å²) in [6.07, 6.45) is -10.3. The summed E-state index contributed by atoms with van der Waals surface area (Å²) in [6, 6.07) is 4.94. The van der Waals surface area contributed by atoms with E-state index in [1.807, 2.05) is 0 Å². The first-order valence-electron chi connectivity index (χ1n) is 9.29. The summed E-state index contributed by atoms with van der Waals surface area (Å²) < 4.78 is 118. The summed E-state index contributed by atoms with van der Waals surface area (Å²) in [6.45, 7) is -0.533. The van der Waals surface area contributed by atoms with Gasteiger partial charge in [0.15, 0.2) is 5.78 Å². The summed E-state index contributed by atoms with van der Waals surface area (Å²) in [5.41, 5.74) is -3.24. The standard InChI is InChI=1S/C20H16F7NO3S/c21-16-3-1-12(2-4-16)18(29)13-5-7-28(8-6-13)32(30,31)17-10-14(19(22,23)24)9-15(11-17)20(25,26)27/h1-4,9-11,13H,5-8H2. The molecule has 0 bridgehead atoms. The molecule has 1 aliphatic heterocycles. The number of ketones is 1. The van der Waals surface area contributed by atoms with Gasteiger partial charge in [0.05, 0.1) is 16.0 Å². The number of carbonyl (C=O) groups is 1. The highest BCUT2D eigenvalue weighted by Gasteiger charge is 2.40. The van der Waals surface area contributed by atoms with Gasteiger partial charge < -0.3 is 0 Å². The minimum atomic E-state index is -5.18. The number of hydrogen-bond donors (Lipinski definition) is 0. The van der Waals surface area contributed by atoms with Gasteiger partial charge in [-0.05, 0) is 55.3 Å². The monoisotopic (exact) mass is 483 g/mol. The van der Waals surface area contributed by atoms with Crippen LogP contribution in [0.15, 0.2) is 47.4 Å². The van der Waals surface area contributed by atoms with E-state index < -0.39 is 50.1 Å². The van der Waals surface area contributed by atoms with Crippen molar-refractivity contribution in [2.45, 2.75) is 30.1 Å². The number of sulfonamides is 1. The normalized spacial score (nSPS) is 16.8. The fraction of sp³-hybridized carbons (Fsp3) is 0.350. The van der Waals surface area contributed by atoms with Crippen LogP contribution in [0.5, 0.6) is 0 Å². The first-order chi connectivity index (χ1) is 14.7. The van der Waals surface area contributed by atoms with Gasteiger partial charge in [-0.3, -0.25) is 4.79 Å². The fourth-order valence-corrected chi connectivity index (χ4v) is 4.97. The predicted molar refractivity (Wildman–Crippen MR) is 98.7 cm³/mol. The van der Waals surface area contributed by atoms with Crippen LogP contribution in [-0.2, 0) is 22.4 Å². The number of hydrogen-bond acceptors (Lipinski definition) is 3. The molecule has 0 radical (unpaired) electrons. The molecule has 2 aromatic carbocycles. The number of Topliss-reactive ketones (excluding diaryl/α,β-unsaturated/α-hetero) is 1. The molecule has 4 nitrogen and oxygen atoms in total. The largest absolute Gasteiger partial charge is 0.416 e. The number of nitrogens with zero attached hydrogens (tertiary/aromatic N) is 1. The lowest BCUT2D eigenvalue weighted by Crippen LogP contribution is -2.40. The number of rotatable bonds is 4. The molecular formula is C20H16F7NO3S. The lowest BCUT2D eigenvalue weighted by Gasteiger charge is -2.31. The quantitative estimate of drug-likeness (QED) is 0.447. The van der Waals surface area contributed by atoms with Gasteiger partial charge in [-0.1, -0.05) is 0 Å². The Morgan fingerprint density at radius 3 is 1.75 bits per heavy atom. The molecule has 0 atom stereocenters. The van der Waals surface area contributed by atoms with Crippen LogP contribution in [0.25, 0.3) is 0 Å². The molecule has 174 valence electrons. The molecule has 3 rings (SSSR count). The Balaban J connectivity index is 1.83. The topological polar surface area (TPSA) is 54.5 Å². The van der Waals surface area contributed by atoms with Crippen molar-refractivity contribution in [1.82, 2.24) is 4.31 Å². The van der Waals surface area contributed by atoms with Gasteiger partial charge in [-0.15, -0.1) is 0 Å². The van der Waals surface area contributed by atoms with E-state index in [1.54, 1.807) is 0 Å². The zero-order chi connectivity index (χ0) is 23.9. The maximum atomic E-state index is 13.1. The van der Waals surface area contributed by atoms with E-state index in [2.05, 4.69) is 0 Å². The number of carbonyl (C=O) groups excluding carboxylic acids is 1. The van der Waals surface area contributed by atoms with Crippen molar-refractivity contribution < 1.29 is 43.9 Å². The Morgan fingerprint density at radius 1 is 0.844 bits per heavy atom. The molecule has 0 saturated carbocycles. The van der Waals surface area contributed by atoms with Crippen LogP contribution in [0.1, 0.15) is 34.3 Å². The van der Waals surface area contributed by atoms with E-state index in [9.17, 15) is 43.9 Å². The summed E-state index contributed by atoms with van der Waals surface area (Å²) in [5.74, 6) is -1.50. The maximum Gasteiger partial charge on any atom is 0.416 e. The van der Waals surface area contributed by atoms with Crippen molar-refractivity contribution in [3.8, 4) is 0 Å². The Kier molecular flexibility index (Phi) is 6.40. The van der Waals surface area contributed by atoms with Crippen LogP contribution >= 0.6 is 0 Å². The van der Waals surface area contributed by atoms with Crippen LogP contribution in [-0.4, -0.2) is 31.6 Å². The maximum absolute atomic E-state index is 13.1. The Morgan fingerprint density at radius 2 is 1.31 bits per heavy atom. The van der Waals surface area contributed by atoms with Crippen LogP contribution in [0.3, 0.4) is 0 Å². The van der Waals surface area contributed by atoms with E-state index in [4.69, 9.17) is 0 Å². The molecule has 32 heavy (non-hydrogen) atoms. The molecule has 1 saturated heterocycles. The molecule has 0 unspecified atom stereocenters. The molecule has 0 spiro atoms. The first-order valence-corrected chi connectivity index (χ1v) is 10.7. The van der Waals surface area contributed by atoms with Gasteiger partial charge in [0.2, 0.25) is 10.0 Å². The van der Waals surface area contributed by atoms with E-state index in [1.165, 1.54) is 12.1 Å². The van der Waals surface area contributed by atoms with Crippen molar-refractivity contribution in [3.63, 3.8) is 0 Å². The van der Waals surface area contributed by atoms with Crippen molar-refractivity contribution in [2.24, 2.45) is 5.92 Å². The number of benzene rings is 2. The Labute approximate surface area is 178 Å². The van der Waals surface area contributed by atoms with Crippen LogP contribution < -0.4 is 0 Å². The lowest BCUT2D eigenvalue weighted by atomic mass is 9.90. The summed E-state index contributed by atoms with van der Waals surface area (Å²) >= 11 is 0. The van der Waals surface area contributed by atoms with E-state index in [-0.39, 0.29) is 55.5 Å². The van der Waals surface area contributed by atoms with E-state index in [0.29, 0.717) is 0 Å². The van der Waals surface area contributed by atoms with Crippen molar-refractivity contribution in [1.29, 1.82) is 0 Å². The third-order valence-electron chi connectivity index (χ3n) is 5.15. The van der Waals surface area contributed by atoms with Crippen LogP contribution in [0.2, 0.25) is 0 Å². The third-order valence-corrected chi connectivity index (χ3v) is 7.03. The van der Waals surface area contributed by atoms with Gasteiger partial charge in [0, 0.05) is 24.6 Å². The average molecular weight is 483 g/mol. The second kappa shape index (κ2) is 8.47. The minimum Gasteiger partial charge on any atom is -0.294 e. The first kappa shape index (κ1) is 24.2. The zero-order valence-electron chi connectivity index (χ0n) is 16.2. The average Bonchev–Trinajstić information content (AvgIpc) is 2.72. The number of piperidine rings is 1. The molecule has 0 aliphatic carbocycles. The van der Waals surface area contributed by atoms with Gasteiger partial charge >= 0.3 is 12.4 Å². The molecule has 1 heterocycles. The highest BCUT2D eigenvalue weighted by molar-refractivity contribution is 7.89. The second-order valence-corrected chi connectivity index (χ2v) is 9.23. The van der Waals surface area contributed by atoms with Crippen molar-refractivity contribution in [2.75, 3.05) is 13.1 Å². The zero-order valence-corrected chi connectivity index (χ0v) is 17.0. The third kappa shape index (κ3) is 5.12. The van der Waals surface area contributed by atoms with Gasteiger partial charge in [-0.2, -0.15) is 30.6 Å². The molecule has 0 amide bonds. The second-order valence-electron chi connectivity index (χ2n) is 7.29. The van der Waals surface area contributed by atoms with Gasteiger partial charge in [-0.25, -0.2) is 12.8 Å². The molecular weight excluding hydrogens is 467 g/mol. The molecule has 0 aromatic heterocycles. The Bertz CT molecular complexity index is 1070. The minimum absolute atomic E-state index is 0.0144.